The van der Waals surface area contributed by atoms with Crippen molar-refractivity contribution in [1.29, 1.82) is 0 Å². The minimum absolute atomic E-state index is 0.0213. The Bertz CT molecular complexity index is 1030. The van der Waals surface area contributed by atoms with Gasteiger partial charge in [-0.2, -0.15) is 0 Å². The third kappa shape index (κ3) is 3.58. The number of ether oxygens (including phenoxy) is 1. The number of aryl methyl sites for hydroxylation is 1. The van der Waals surface area contributed by atoms with Gasteiger partial charge in [-0.15, -0.1) is 0 Å². The Balaban J connectivity index is 1.56. The van der Waals surface area contributed by atoms with E-state index in [2.05, 4.69) is 4.98 Å². The molecular weight excluding hydrogens is 340 g/mol. The van der Waals surface area contributed by atoms with Crippen molar-refractivity contribution in [3.05, 3.63) is 81.6 Å². The van der Waals surface area contributed by atoms with Crippen molar-refractivity contribution in [2.75, 3.05) is 6.54 Å². The van der Waals surface area contributed by atoms with Gasteiger partial charge in [0.25, 0.3) is 0 Å². The summed E-state index contributed by atoms with van der Waals surface area (Å²) in [6.45, 7) is 2.84. The van der Waals surface area contributed by atoms with Crippen molar-refractivity contribution in [3.63, 3.8) is 0 Å². The first kappa shape index (κ1) is 17.3. The van der Waals surface area contributed by atoms with E-state index in [-0.39, 0.29) is 24.2 Å². The van der Waals surface area contributed by atoms with E-state index >= 15 is 0 Å². The molecule has 1 fully saturated rings. The lowest BCUT2D eigenvalue weighted by Gasteiger charge is -2.24. The molecule has 0 saturated carbocycles. The SMILES string of the molecule is Cc1ccc2[nH]c(C3CCCN3C(=O)OCc3ccccc3)cc(=O)c2c1. The minimum atomic E-state index is -0.341. The van der Waals surface area contributed by atoms with Crippen molar-refractivity contribution in [2.24, 2.45) is 0 Å². The summed E-state index contributed by atoms with van der Waals surface area (Å²) in [6.07, 6.45) is 1.36. The summed E-state index contributed by atoms with van der Waals surface area (Å²) in [7, 11) is 0. The Kier molecular flexibility index (Phi) is 4.67. The number of fused-ring (bicyclic) bond motifs is 1. The van der Waals surface area contributed by atoms with Crippen molar-refractivity contribution < 1.29 is 9.53 Å². The summed E-state index contributed by atoms with van der Waals surface area (Å²) in [4.78, 5) is 30.2. The number of pyridine rings is 1. The second-order valence-electron chi connectivity index (χ2n) is 7.03. The zero-order valence-corrected chi connectivity index (χ0v) is 15.3. The molecule has 1 atom stereocenters. The molecule has 1 aromatic heterocycles. The highest BCUT2D eigenvalue weighted by molar-refractivity contribution is 5.79. The molecule has 1 saturated heterocycles. The number of benzene rings is 2. The third-order valence-corrected chi connectivity index (χ3v) is 5.06. The molecule has 2 heterocycles. The molecule has 0 bridgehead atoms. The Morgan fingerprint density at radius 3 is 2.81 bits per heavy atom. The van der Waals surface area contributed by atoms with Crippen molar-refractivity contribution >= 4 is 17.0 Å². The Morgan fingerprint density at radius 2 is 2.00 bits per heavy atom. The van der Waals surface area contributed by atoms with Gasteiger partial charge in [0.2, 0.25) is 0 Å². The maximum Gasteiger partial charge on any atom is 0.410 e. The molecule has 5 heteroatoms. The van der Waals surface area contributed by atoms with Crippen LogP contribution in [0.15, 0.2) is 59.4 Å². The van der Waals surface area contributed by atoms with Gasteiger partial charge >= 0.3 is 6.09 Å². The van der Waals surface area contributed by atoms with Crippen LogP contribution >= 0.6 is 0 Å². The zero-order chi connectivity index (χ0) is 18.8. The van der Waals surface area contributed by atoms with Crippen molar-refractivity contribution in [3.8, 4) is 0 Å². The lowest BCUT2D eigenvalue weighted by Crippen LogP contribution is -2.32. The number of amides is 1. The van der Waals surface area contributed by atoms with Gasteiger partial charge in [0, 0.05) is 29.2 Å². The summed E-state index contributed by atoms with van der Waals surface area (Å²) in [5, 5.41) is 0.676. The number of carbonyl (C=O) groups excluding carboxylic acids is 1. The molecule has 0 aliphatic carbocycles. The van der Waals surface area contributed by atoms with Crippen LogP contribution in [0.25, 0.3) is 10.9 Å². The number of aromatic nitrogens is 1. The third-order valence-electron chi connectivity index (χ3n) is 5.06. The average Bonchev–Trinajstić information content (AvgIpc) is 3.17. The molecular formula is C22H22N2O3. The summed E-state index contributed by atoms with van der Waals surface area (Å²) >= 11 is 0. The molecule has 2 aromatic carbocycles. The highest BCUT2D eigenvalue weighted by atomic mass is 16.6. The number of likely N-dealkylation sites (tertiary alicyclic amines) is 1. The maximum atomic E-state index is 12.6. The molecule has 1 amide bonds. The van der Waals surface area contributed by atoms with Gasteiger partial charge in [-0.3, -0.25) is 9.69 Å². The number of rotatable bonds is 3. The summed E-state index contributed by atoms with van der Waals surface area (Å²) in [5.41, 5.74) is 3.55. The number of hydrogen-bond donors (Lipinski definition) is 1. The number of hydrogen-bond acceptors (Lipinski definition) is 3. The number of carbonyl (C=O) groups is 1. The molecule has 0 radical (unpaired) electrons. The monoisotopic (exact) mass is 362 g/mol. The van der Waals surface area contributed by atoms with Crippen LogP contribution in [0.5, 0.6) is 0 Å². The molecule has 1 unspecified atom stereocenters. The molecule has 1 N–H and O–H groups in total. The lowest BCUT2D eigenvalue weighted by atomic mass is 10.1. The fraction of sp³-hybridized carbons (Fsp3) is 0.273. The predicted molar refractivity (Wildman–Crippen MR) is 105 cm³/mol. The maximum absolute atomic E-state index is 12.6. The average molecular weight is 362 g/mol. The van der Waals surface area contributed by atoms with Gasteiger partial charge in [-0.05, 0) is 37.5 Å². The summed E-state index contributed by atoms with van der Waals surface area (Å²) in [5.74, 6) is 0. The number of aromatic amines is 1. The highest BCUT2D eigenvalue weighted by Gasteiger charge is 2.32. The van der Waals surface area contributed by atoms with Gasteiger partial charge < -0.3 is 9.72 Å². The second kappa shape index (κ2) is 7.27. The highest BCUT2D eigenvalue weighted by Crippen LogP contribution is 2.31. The van der Waals surface area contributed by atoms with Crippen LogP contribution in [-0.4, -0.2) is 22.5 Å². The van der Waals surface area contributed by atoms with Gasteiger partial charge in [-0.1, -0.05) is 42.0 Å². The summed E-state index contributed by atoms with van der Waals surface area (Å²) in [6, 6.07) is 16.9. The van der Waals surface area contributed by atoms with Crippen LogP contribution in [0, 0.1) is 6.92 Å². The van der Waals surface area contributed by atoms with Crippen molar-refractivity contribution in [2.45, 2.75) is 32.4 Å². The Labute approximate surface area is 157 Å². The van der Waals surface area contributed by atoms with E-state index in [0.29, 0.717) is 11.9 Å². The molecule has 3 aromatic rings. The molecule has 0 spiro atoms. The van der Waals surface area contributed by atoms with E-state index in [4.69, 9.17) is 4.74 Å². The molecule has 27 heavy (non-hydrogen) atoms. The topological polar surface area (TPSA) is 62.4 Å². The molecule has 1 aliphatic heterocycles. The molecule has 5 nitrogen and oxygen atoms in total. The van der Waals surface area contributed by atoms with Crippen LogP contribution in [-0.2, 0) is 11.3 Å². The van der Waals surface area contributed by atoms with Crippen molar-refractivity contribution in [1.82, 2.24) is 9.88 Å². The zero-order valence-electron chi connectivity index (χ0n) is 15.3. The Hall–Kier alpha value is -3.08. The second-order valence-corrected chi connectivity index (χ2v) is 7.03. The van der Waals surface area contributed by atoms with E-state index in [0.717, 1.165) is 35.2 Å². The smallest absolute Gasteiger partial charge is 0.410 e. The first-order chi connectivity index (χ1) is 13.1. The molecule has 4 rings (SSSR count). The predicted octanol–water partition coefficient (Wildman–Crippen LogP) is 4.31. The number of H-pyrrole nitrogens is 1. The van der Waals surface area contributed by atoms with Gasteiger partial charge in [-0.25, -0.2) is 4.79 Å². The normalized spacial score (nSPS) is 16.6. The van der Waals surface area contributed by atoms with Gasteiger partial charge in [0.1, 0.15) is 6.61 Å². The first-order valence-corrected chi connectivity index (χ1v) is 9.23. The van der Waals surface area contributed by atoms with Crippen LogP contribution < -0.4 is 5.43 Å². The quantitative estimate of drug-likeness (QED) is 0.755. The van der Waals surface area contributed by atoms with E-state index in [9.17, 15) is 9.59 Å². The first-order valence-electron chi connectivity index (χ1n) is 9.23. The Morgan fingerprint density at radius 1 is 1.19 bits per heavy atom. The van der Waals surface area contributed by atoms with Gasteiger partial charge in [0.05, 0.1) is 6.04 Å². The van der Waals surface area contributed by atoms with E-state index in [1.807, 2.05) is 55.5 Å². The fourth-order valence-electron chi connectivity index (χ4n) is 3.67. The lowest BCUT2D eigenvalue weighted by molar-refractivity contribution is 0.0915. The van der Waals surface area contributed by atoms with Crippen LogP contribution in [0.3, 0.4) is 0 Å². The van der Waals surface area contributed by atoms with Crippen LogP contribution in [0.1, 0.15) is 35.7 Å². The standard InChI is InChI=1S/C22H22N2O3/c1-15-9-10-18-17(12-15)21(25)13-19(23-18)20-8-5-11-24(20)22(26)27-14-16-6-3-2-4-7-16/h2-4,6-7,9-10,12-13,20H,5,8,11,14H2,1H3,(H,23,25). The number of nitrogens with one attached hydrogen (secondary N) is 1. The number of nitrogens with zero attached hydrogens (tertiary/aromatic N) is 1. The molecule has 138 valence electrons. The van der Waals surface area contributed by atoms with Crippen LogP contribution in [0.2, 0.25) is 0 Å². The summed E-state index contributed by atoms with van der Waals surface area (Å²) < 4.78 is 5.49. The van der Waals surface area contributed by atoms with E-state index in [1.165, 1.54) is 0 Å². The molecule has 1 aliphatic rings. The van der Waals surface area contributed by atoms with E-state index < -0.39 is 0 Å². The fourth-order valence-corrected chi connectivity index (χ4v) is 3.67. The van der Waals surface area contributed by atoms with E-state index in [1.54, 1.807) is 11.0 Å². The minimum Gasteiger partial charge on any atom is -0.445 e. The van der Waals surface area contributed by atoms with Crippen LogP contribution in [0.4, 0.5) is 4.79 Å². The van der Waals surface area contributed by atoms with Gasteiger partial charge in [0.15, 0.2) is 5.43 Å². The largest absolute Gasteiger partial charge is 0.445 e.